The molecule has 64 nitrogen and oxygen atoms in total. The maximum absolute atomic E-state index is 13.9. The van der Waals surface area contributed by atoms with Crippen LogP contribution in [0.2, 0.25) is 0 Å². The van der Waals surface area contributed by atoms with Crippen LogP contribution in [-0.2, 0) is 133 Å². The Balaban J connectivity index is 0.902. The van der Waals surface area contributed by atoms with Gasteiger partial charge in [0.2, 0.25) is 29.5 Å². The van der Waals surface area contributed by atoms with Crippen molar-refractivity contribution in [2.45, 2.75) is 417 Å². The second kappa shape index (κ2) is 52.2. The smallest absolute Gasteiger partial charge is 0.217 e. The molecular formula is C82H137N5O59. The summed E-state index contributed by atoms with van der Waals surface area (Å²) in [5, 5.41) is 364. The molecule has 12 rings (SSSR count). The molecule has 0 aromatic heterocycles. The molecule has 12 aliphatic rings. The maximum Gasteiger partial charge on any atom is 0.217 e. The first-order valence-corrected chi connectivity index (χ1v) is 46.9. The number of hydrogen-bond acceptors (Lipinski definition) is 59. The Labute approximate surface area is 827 Å². The maximum atomic E-state index is 13.9. The van der Waals surface area contributed by atoms with Crippen LogP contribution >= 0.6 is 0 Å². The lowest BCUT2D eigenvalue weighted by molar-refractivity contribution is -0.405. The van der Waals surface area contributed by atoms with Gasteiger partial charge in [-0.05, 0) is 13.8 Å². The predicted octanol–water partition coefficient (Wildman–Crippen LogP) is -24.4. The van der Waals surface area contributed by atoms with Crippen LogP contribution in [0.15, 0.2) is 0 Å². The van der Waals surface area contributed by atoms with Crippen LogP contribution in [0.4, 0.5) is 0 Å². The second-order valence-electron chi connectivity index (χ2n) is 37.3. The predicted molar refractivity (Wildman–Crippen MR) is 450 cm³/mol. The van der Waals surface area contributed by atoms with Gasteiger partial charge in [0.15, 0.2) is 75.5 Å². The molecule has 60 atom stereocenters. The Morgan fingerprint density at radius 2 is 0.445 bits per heavy atom. The fourth-order valence-electron chi connectivity index (χ4n) is 19.1. The Morgan fingerprint density at radius 3 is 0.890 bits per heavy atom. The number of amides is 5. The van der Waals surface area contributed by atoms with E-state index in [1.807, 2.05) is 0 Å². The van der Waals surface area contributed by atoms with Gasteiger partial charge in [0, 0.05) is 34.6 Å². The first-order chi connectivity index (χ1) is 69.0. The average molecular weight is 2140 g/mol. The molecule has 0 radical (unpaired) electrons. The van der Waals surface area contributed by atoms with Crippen LogP contribution < -0.4 is 26.6 Å². The Morgan fingerprint density at radius 1 is 0.192 bits per heavy atom. The van der Waals surface area contributed by atoms with Crippen molar-refractivity contribution < 1.29 is 291 Å². The lowest BCUT2D eigenvalue weighted by Crippen LogP contribution is -2.72. The summed E-state index contributed by atoms with van der Waals surface area (Å²) in [7, 11) is 0. The van der Waals surface area contributed by atoms with Gasteiger partial charge in [-0.25, -0.2) is 0 Å². The topological polar surface area (TPSA) is 985 Å². The van der Waals surface area contributed by atoms with Crippen LogP contribution in [0.25, 0.3) is 0 Å². The number of aliphatic hydroxyl groups excluding tert-OH is 31. The molecule has 844 valence electrons. The average Bonchev–Trinajstić information content (AvgIpc) is 0.756. The molecule has 0 aromatic carbocycles. The molecule has 12 fully saturated rings. The van der Waals surface area contributed by atoms with Crippen molar-refractivity contribution in [2.75, 3.05) is 66.1 Å². The van der Waals surface area contributed by atoms with Crippen molar-refractivity contribution in [1.82, 2.24) is 26.6 Å². The molecule has 5 amide bonds. The number of carbonyl (C=O) groups is 5. The summed E-state index contributed by atoms with van der Waals surface area (Å²) in [6.07, 6.45) is -118. The molecule has 64 heteroatoms. The monoisotopic (exact) mass is 2140 g/mol. The number of ether oxygens (including phenoxy) is 23. The summed E-state index contributed by atoms with van der Waals surface area (Å²) in [5.41, 5.74) is 0. The third kappa shape index (κ3) is 26.4. The van der Waals surface area contributed by atoms with Crippen molar-refractivity contribution in [2.24, 2.45) is 0 Å². The Bertz CT molecular complexity index is 4090. The molecular weight excluding hydrogens is 2000 g/mol. The zero-order valence-electron chi connectivity index (χ0n) is 79.0. The summed E-state index contributed by atoms with van der Waals surface area (Å²) in [6, 6.07) is -9.81. The van der Waals surface area contributed by atoms with Crippen molar-refractivity contribution in [3.8, 4) is 0 Å². The van der Waals surface area contributed by atoms with E-state index in [-0.39, 0.29) is 0 Å². The van der Waals surface area contributed by atoms with Gasteiger partial charge in [-0.2, -0.15) is 0 Å². The summed E-state index contributed by atoms with van der Waals surface area (Å²) in [4.78, 5) is 65.5. The molecule has 0 aromatic rings. The molecule has 146 heavy (non-hydrogen) atoms. The van der Waals surface area contributed by atoms with Gasteiger partial charge in [-0.3, -0.25) is 24.0 Å². The summed E-state index contributed by atoms with van der Waals surface area (Å²) in [5.74, 6) is -4.85. The molecule has 12 saturated heterocycles. The van der Waals surface area contributed by atoms with E-state index in [1.165, 1.54) is 13.8 Å². The van der Waals surface area contributed by atoms with Gasteiger partial charge in [0.1, 0.15) is 280 Å². The third-order valence-corrected chi connectivity index (χ3v) is 27.0. The van der Waals surface area contributed by atoms with E-state index in [4.69, 9.17) is 109 Å². The summed E-state index contributed by atoms with van der Waals surface area (Å²) >= 11 is 0. The lowest BCUT2D eigenvalue weighted by Gasteiger charge is -2.52. The van der Waals surface area contributed by atoms with Crippen molar-refractivity contribution in [3.05, 3.63) is 0 Å². The standard InChI is InChI=1S/C82H137N5O59/c1-18-40(101)52(113)57(118)76(126-18)124-17-34-64(49(110)35(71(123)128-34)83-20(3)96)139-73-37(85-22(5)98)51(112)63(31(14-94)134-73)140-80-61(122)68(47(108)33(137-80)16-125-81-69(55(116)44(105)27(10-90)132-81)145-74-38(86-23(6)99)50(111)62(30(13-93)135-74)138-72-36(84-21(4)97)48(109)42(103)25(8-88)129-72)144-82-70(56(117)45(106)28(11-91)133-82)146-75-39(87-24(7)100)66(142-77-58(119)53(114)41(102)19(2)127-77)65(32(15-95)136-75)141-79-60(121)67(46(107)29(12-92)131-79)143-78-59(120)54(115)43(104)26(9-89)130-78/h18-19,25-82,88-95,101-123H,8-17H2,1-7H3,(H,83,96)(H,84,97)(H,85,98)(H,86,99)(H,87,100)/t18-,19-,25+,26+,27+,28+,29+,30+,31+,32+,33+,34+,35+,36+,37+,38+,39+,40+,41+,42-,43-,44+,45+,46-,47+,48+,49+,50+,51+,52+,53+,54-,55-,56-,57-,58-,59+,60+,61-,62+,63+,64+,65+,66+,67-,68-,69-,70-,71+,72-,73-,74-,75-,76+,77-,78+,79-,80-,81-,82+/m0/s1. The number of aliphatic hydroxyl groups is 31. The largest absolute Gasteiger partial charge is 0.394 e. The summed E-state index contributed by atoms with van der Waals surface area (Å²) in [6.45, 7) is -4.65. The molecule has 0 bridgehead atoms. The second-order valence-corrected chi connectivity index (χ2v) is 37.3. The van der Waals surface area contributed by atoms with E-state index in [1.54, 1.807) is 0 Å². The number of hydrogen-bond donors (Lipinski definition) is 36. The minimum Gasteiger partial charge on any atom is -0.394 e. The minimum absolute atomic E-state index is 0.834. The SMILES string of the molecule is CC(=O)N[C@@H]1[C@@H](O)[C@H](O[C@@H]2O[C@H](CO)[C@@H](O[C@@H]3O[C@H](CO[C@H]4O[C@H](CO)[C@@H](O)[C@H](O)[C@@H]4O[C@@H]4O[C@H](CO)[C@@H](O[C@@H]5O[C@H](CO)[C@H](O)[C@H](O)[C@H]5NC(C)=O)[C@H](O)[C@H]4NC(C)=O)[C@@H](O)[C@H](O[C@H]4O[C@H](CO)[C@@H](O)[C@H](O)[C@@H]4O[C@@H]4O[C@H](CO)[C@@H](O[C@@H]5O[C@H](CO)[C@H](O)[C@H](O[C@H]6O[C@H](CO)[C@H](O)[C@H](O)[C@H]6O)[C@H]5O)[C@H](O[C@@H]5O[C@@H](C)[C@@H](O)[C@@H](O)[C@@H]5O)[C@H]4NC(C)=O)[C@@H]3O)[C@H](O)[C@H]2NC(C)=O)[C@@H](CO[C@@H]2O[C@@H](C)[C@@H](O)[C@@H](O)[C@@H]2O)O[C@H]1O. The van der Waals surface area contributed by atoms with Gasteiger partial charge in [-0.1, -0.05) is 0 Å². The van der Waals surface area contributed by atoms with E-state index in [0.29, 0.717) is 0 Å². The van der Waals surface area contributed by atoms with Crippen molar-refractivity contribution in [3.63, 3.8) is 0 Å². The molecule has 0 unspecified atom stereocenters. The zero-order chi connectivity index (χ0) is 107. The van der Waals surface area contributed by atoms with E-state index in [0.717, 1.165) is 34.6 Å². The molecule has 12 aliphatic heterocycles. The van der Waals surface area contributed by atoms with Gasteiger partial charge in [0.05, 0.1) is 78.3 Å². The van der Waals surface area contributed by atoms with Crippen LogP contribution in [0.5, 0.6) is 0 Å². The highest BCUT2D eigenvalue weighted by molar-refractivity contribution is 5.75. The van der Waals surface area contributed by atoms with Gasteiger partial charge < -0.3 is 294 Å². The Hall–Kier alpha value is -4.81. The number of rotatable bonds is 37. The molecule has 0 aliphatic carbocycles. The fourth-order valence-corrected chi connectivity index (χ4v) is 19.1. The van der Waals surface area contributed by atoms with Crippen LogP contribution in [0.1, 0.15) is 48.5 Å². The van der Waals surface area contributed by atoms with E-state index >= 15 is 0 Å². The van der Waals surface area contributed by atoms with E-state index < -0.39 is 464 Å². The van der Waals surface area contributed by atoms with Crippen molar-refractivity contribution in [1.29, 1.82) is 0 Å². The van der Waals surface area contributed by atoms with E-state index in [2.05, 4.69) is 26.6 Å². The lowest BCUT2D eigenvalue weighted by atomic mass is 9.93. The van der Waals surface area contributed by atoms with E-state index in [9.17, 15) is 182 Å². The Kier molecular flexibility index (Phi) is 42.8. The highest BCUT2D eigenvalue weighted by Crippen LogP contribution is 2.43. The quantitative estimate of drug-likeness (QED) is 0.0275. The first kappa shape index (κ1) is 120. The van der Waals surface area contributed by atoms with Crippen LogP contribution in [0.3, 0.4) is 0 Å². The highest BCUT2D eigenvalue weighted by Gasteiger charge is 2.64. The number of carbonyl (C=O) groups excluding carboxylic acids is 5. The normalized spacial score (nSPS) is 49.8. The van der Waals surface area contributed by atoms with Gasteiger partial charge in [0.25, 0.3) is 0 Å². The first-order valence-electron chi connectivity index (χ1n) is 46.9. The van der Waals surface area contributed by atoms with Crippen LogP contribution in [0, 0.1) is 0 Å². The van der Waals surface area contributed by atoms with Crippen molar-refractivity contribution >= 4 is 29.5 Å². The number of nitrogens with one attached hydrogen (secondary N) is 5. The molecule has 0 saturated carbocycles. The molecule has 12 heterocycles. The molecule has 0 spiro atoms. The third-order valence-electron chi connectivity index (χ3n) is 27.0. The molecule has 36 N–H and O–H groups in total. The zero-order valence-corrected chi connectivity index (χ0v) is 79.0. The minimum atomic E-state index is -2.75. The fraction of sp³-hybridized carbons (Fsp3) is 0.939. The van der Waals surface area contributed by atoms with Gasteiger partial charge >= 0.3 is 0 Å². The van der Waals surface area contributed by atoms with Gasteiger partial charge in [-0.15, -0.1) is 0 Å². The van der Waals surface area contributed by atoms with Crippen LogP contribution in [-0.4, -0.2) is 622 Å². The summed E-state index contributed by atoms with van der Waals surface area (Å²) < 4.78 is 139. The highest BCUT2D eigenvalue weighted by atomic mass is 16.8.